The molecule has 3 rings (SSSR count). The maximum Gasteiger partial charge on any atom is 0.340 e. The average molecular weight is 423 g/mol. The lowest BCUT2D eigenvalue weighted by Gasteiger charge is -2.13. The van der Waals surface area contributed by atoms with Crippen molar-refractivity contribution >= 4 is 22.7 Å². The van der Waals surface area contributed by atoms with Crippen molar-refractivity contribution in [2.75, 3.05) is 20.3 Å². The van der Waals surface area contributed by atoms with Crippen LogP contribution in [0.2, 0.25) is 0 Å². The second kappa shape index (κ2) is 9.88. The van der Waals surface area contributed by atoms with Crippen LogP contribution < -0.4 is 0 Å². The third kappa shape index (κ3) is 4.69. The fraction of sp³-hybridized carbons (Fsp3) is 0.400. The number of carbonyl (C=O) groups is 2. The largest absolute Gasteiger partial charge is 0.454 e. The van der Waals surface area contributed by atoms with Gasteiger partial charge in [-0.15, -0.1) is 0 Å². The van der Waals surface area contributed by atoms with Crippen LogP contribution in [0.4, 0.5) is 0 Å². The second-order valence-electron chi connectivity index (χ2n) is 7.71. The molecule has 0 aliphatic rings. The number of pyridine rings is 1. The first-order chi connectivity index (χ1) is 14.9. The van der Waals surface area contributed by atoms with Gasteiger partial charge in [-0.3, -0.25) is 9.78 Å². The third-order valence-electron chi connectivity index (χ3n) is 5.70. The predicted octanol–water partition coefficient (Wildman–Crippen LogP) is 4.60. The summed E-state index contributed by atoms with van der Waals surface area (Å²) in [4.78, 5) is 30.4. The van der Waals surface area contributed by atoms with Crippen LogP contribution in [0, 0.1) is 20.8 Å². The number of Topliss-reactive ketones (excluding diaryl/α,β-unsaturated/α-hetero) is 1. The molecule has 164 valence electrons. The molecule has 0 aliphatic carbocycles. The lowest BCUT2D eigenvalue weighted by Crippen LogP contribution is -2.18. The van der Waals surface area contributed by atoms with Gasteiger partial charge < -0.3 is 14.0 Å². The van der Waals surface area contributed by atoms with E-state index in [1.54, 1.807) is 7.11 Å². The van der Waals surface area contributed by atoms with Crippen LogP contribution >= 0.6 is 0 Å². The number of carbonyl (C=O) groups excluding carboxylic acids is 2. The number of ketones is 1. The maximum atomic E-state index is 12.9. The summed E-state index contributed by atoms with van der Waals surface area (Å²) in [6.07, 6.45) is 1.47. The van der Waals surface area contributed by atoms with Gasteiger partial charge in [-0.25, -0.2) is 4.79 Å². The van der Waals surface area contributed by atoms with Crippen LogP contribution in [0.25, 0.3) is 10.9 Å². The Bertz CT molecular complexity index is 1110. The van der Waals surface area contributed by atoms with Crippen molar-refractivity contribution in [3.8, 4) is 0 Å². The minimum atomic E-state index is -0.505. The first-order valence-corrected chi connectivity index (χ1v) is 10.6. The van der Waals surface area contributed by atoms with E-state index >= 15 is 0 Å². The number of ether oxygens (including phenoxy) is 2. The molecule has 2 aromatic heterocycles. The predicted molar refractivity (Wildman–Crippen MR) is 121 cm³/mol. The summed E-state index contributed by atoms with van der Waals surface area (Å²) in [5, 5.41) is 0.914. The molecule has 0 radical (unpaired) electrons. The highest BCUT2D eigenvalue weighted by atomic mass is 16.5. The first-order valence-electron chi connectivity index (χ1n) is 10.6. The zero-order valence-electron chi connectivity index (χ0n) is 18.9. The zero-order chi connectivity index (χ0) is 22.5. The number of para-hydroxylation sites is 1. The number of aryl methyl sites for hydroxylation is 3. The van der Waals surface area contributed by atoms with Gasteiger partial charge in [0.25, 0.3) is 0 Å². The molecule has 6 nitrogen and oxygen atoms in total. The van der Waals surface area contributed by atoms with Crippen molar-refractivity contribution in [3.05, 3.63) is 64.1 Å². The third-order valence-corrected chi connectivity index (χ3v) is 5.70. The minimum absolute atomic E-state index is 0.205. The van der Waals surface area contributed by atoms with E-state index in [0.29, 0.717) is 29.8 Å². The lowest BCUT2D eigenvalue weighted by atomic mass is 10.0. The van der Waals surface area contributed by atoms with E-state index < -0.39 is 5.97 Å². The van der Waals surface area contributed by atoms with Gasteiger partial charge in [-0.05, 0) is 51.3 Å². The monoisotopic (exact) mass is 422 g/mol. The SMILES string of the molecule is CCc1nc2ccccc2c(C)c1C(=O)OCC(=O)c1cc(C)n(CCCOC)c1C. The van der Waals surface area contributed by atoms with Crippen molar-refractivity contribution in [3.63, 3.8) is 0 Å². The fourth-order valence-electron chi connectivity index (χ4n) is 4.04. The van der Waals surface area contributed by atoms with Crippen LogP contribution in [0.15, 0.2) is 30.3 Å². The molecule has 0 N–H and O–H groups in total. The molecule has 0 bridgehead atoms. The molecule has 2 heterocycles. The van der Waals surface area contributed by atoms with Gasteiger partial charge in [-0.2, -0.15) is 0 Å². The number of hydrogen-bond donors (Lipinski definition) is 0. The number of hydrogen-bond acceptors (Lipinski definition) is 5. The summed E-state index contributed by atoms with van der Waals surface area (Å²) < 4.78 is 12.7. The van der Waals surface area contributed by atoms with Gasteiger partial charge in [0.05, 0.1) is 16.8 Å². The number of fused-ring (bicyclic) bond motifs is 1. The van der Waals surface area contributed by atoms with E-state index in [4.69, 9.17) is 9.47 Å². The molecule has 3 aromatic rings. The molecule has 0 spiro atoms. The van der Waals surface area contributed by atoms with Crippen molar-refractivity contribution in [1.82, 2.24) is 9.55 Å². The lowest BCUT2D eigenvalue weighted by molar-refractivity contribution is 0.0472. The summed E-state index contributed by atoms with van der Waals surface area (Å²) in [7, 11) is 1.68. The summed E-state index contributed by atoms with van der Waals surface area (Å²) in [6, 6.07) is 9.58. The number of nitrogens with zero attached hydrogens (tertiary/aromatic N) is 2. The molecule has 0 amide bonds. The molecule has 0 saturated carbocycles. The summed E-state index contributed by atoms with van der Waals surface area (Å²) in [5.74, 6) is -0.709. The van der Waals surface area contributed by atoms with Crippen molar-refractivity contribution < 1.29 is 19.1 Å². The Kier molecular flexibility index (Phi) is 7.23. The Morgan fingerprint density at radius 2 is 1.87 bits per heavy atom. The molecule has 1 aromatic carbocycles. The quantitative estimate of drug-likeness (QED) is 0.286. The van der Waals surface area contributed by atoms with E-state index in [2.05, 4.69) is 9.55 Å². The van der Waals surface area contributed by atoms with Crippen molar-refractivity contribution in [2.24, 2.45) is 0 Å². The van der Waals surface area contributed by atoms with Gasteiger partial charge >= 0.3 is 5.97 Å². The highest BCUT2D eigenvalue weighted by Gasteiger charge is 2.22. The van der Waals surface area contributed by atoms with Crippen LogP contribution in [0.3, 0.4) is 0 Å². The Balaban J connectivity index is 1.78. The first kappa shape index (κ1) is 22.7. The zero-order valence-corrected chi connectivity index (χ0v) is 18.9. The molecule has 0 unspecified atom stereocenters. The van der Waals surface area contributed by atoms with E-state index in [1.807, 2.05) is 58.0 Å². The Hall–Kier alpha value is -2.99. The molecule has 0 atom stereocenters. The van der Waals surface area contributed by atoms with Crippen LogP contribution in [-0.2, 0) is 22.4 Å². The van der Waals surface area contributed by atoms with E-state index in [1.165, 1.54) is 0 Å². The van der Waals surface area contributed by atoms with E-state index in [9.17, 15) is 9.59 Å². The summed E-state index contributed by atoms with van der Waals surface area (Å²) in [6.45, 7) is 8.89. The van der Waals surface area contributed by atoms with Crippen LogP contribution in [0.1, 0.15) is 56.7 Å². The van der Waals surface area contributed by atoms with Crippen molar-refractivity contribution in [2.45, 2.75) is 47.1 Å². The van der Waals surface area contributed by atoms with Crippen LogP contribution in [-0.4, -0.2) is 41.6 Å². The topological polar surface area (TPSA) is 70.4 Å². The Morgan fingerprint density at radius 1 is 1.13 bits per heavy atom. The number of esters is 1. The number of benzene rings is 1. The van der Waals surface area contributed by atoms with Crippen LogP contribution in [0.5, 0.6) is 0 Å². The summed E-state index contributed by atoms with van der Waals surface area (Å²) >= 11 is 0. The molecule has 0 fully saturated rings. The minimum Gasteiger partial charge on any atom is -0.454 e. The highest BCUT2D eigenvalue weighted by Crippen LogP contribution is 2.24. The fourth-order valence-corrected chi connectivity index (χ4v) is 4.04. The normalized spacial score (nSPS) is 11.1. The van der Waals surface area contributed by atoms with Crippen molar-refractivity contribution in [1.29, 1.82) is 0 Å². The number of methoxy groups -OCH3 is 1. The number of aromatic nitrogens is 2. The summed E-state index contributed by atoms with van der Waals surface area (Å²) in [5.41, 5.74) is 5.30. The van der Waals surface area contributed by atoms with Gasteiger partial charge in [0.2, 0.25) is 5.78 Å². The van der Waals surface area contributed by atoms with Gasteiger partial charge in [0.15, 0.2) is 6.61 Å². The van der Waals surface area contributed by atoms with E-state index in [-0.39, 0.29) is 12.4 Å². The number of rotatable bonds is 9. The van der Waals surface area contributed by atoms with Gasteiger partial charge in [0.1, 0.15) is 0 Å². The molecule has 31 heavy (non-hydrogen) atoms. The standard InChI is InChI=1S/C25H30N2O4/c1-6-21-24(17(3)19-10-7-8-11-22(19)26-21)25(29)31-15-23(28)20-14-16(2)27(18(20)4)12-9-13-30-5/h7-8,10-11,14H,6,9,12-13,15H2,1-5H3. The second-order valence-corrected chi connectivity index (χ2v) is 7.71. The highest BCUT2D eigenvalue weighted by molar-refractivity contribution is 6.02. The Morgan fingerprint density at radius 3 is 2.58 bits per heavy atom. The average Bonchev–Trinajstić information content (AvgIpc) is 3.05. The Labute approximate surface area is 183 Å². The molecule has 6 heteroatoms. The molecular formula is C25H30N2O4. The van der Waals surface area contributed by atoms with Gasteiger partial charge in [-0.1, -0.05) is 25.1 Å². The van der Waals surface area contributed by atoms with E-state index in [0.717, 1.165) is 40.8 Å². The molecular weight excluding hydrogens is 392 g/mol. The molecule has 0 saturated heterocycles. The maximum absolute atomic E-state index is 12.9. The molecule has 0 aliphatic heterocycles. The van der Waals surface area contributed by atoms with Gasteiger partial charge in [0, 0.05) is 42.6 Å². The smallest absolute Gasteiger partial charge is 0.340 e.